The second-order valence-electron chi connectivity index (χ2n) is 6.86. The van der Waals surface area contributed by atoms with Gasteiger partial charge in [-0.05, 0) is 32.8 Å². The molecule has 0 saturated carbocycles. The molecule has 0 aliphatic rings. The van der Waals surface area contributed by atoms with Crippen LogP contribution in [0.5, 0.6) is 5.75 Å². The van der Waals surface area contributed by atoms with Crippen LogP contribution in [0.15, 0.2) is 18.2 Å². The van der Waals surface area contributed by atoms with Gasteiger partial charge in [0.15, 0.2) is 0 Å². The summed E-state index contributed by atoms with van der Waals surface area (Å²) in [5, 5.41) is 2.81. The van der Waals surface area contributed by atoms with Crippen LogP contribution in [-0.4, -0.2) is 51.8 Å². The molecule has 0 atom stereocenters. The lowest BCUT2D eigenvalue weighted by Gasteiger charge is -2.27. The number of hydrogen-bond donors (Lipinski definition) is 1. The molecule has 27 heavy (non-hydrogen) atoms. The Morgan fingerprint density at radius 2 is 1.81 bits per heavy atom. The van der Waals surface area contributed by atoms with Crippen LogP contribution in [0.4, 0.5) is 10.5 Å². The van der Waals surface area contributed by atoms with Crippen molar-refractivity contribution in [2.24, 2.45) is 5.92 Å². The van der Waals surface area contributed by atoms with Gasteiger partial charge in [-0.15, -0.1) is 0 Å². The van der Waals surface area contributed by atoms with E-state index in [1.807, 2.05) is 46.8 Å². The Balaban J connectivity index is 3.27. The van der Waals surface area contributed by atoms with Gasteiger partial charge in [-0.25, -0.2) is 4.79 Å². The molecule has 154 valence electrons. The second kappa shape index (κ2) is 10.4. The maximum Gasteiger partial charge on any atom is 0.317 e. The third-order valence-electron chi connectivity index (χ3n) is 3.98. The van der Waals surface area contributed by atoms with Crippen LogP contribution in [0.3, 0.4) is 0 Å². The van der Waals surface area contributed by atoms with Gasteiger partial charge in [0.2, 0.25) is 0 Å². The average Bonchev–Trinajstić information content (AvgIpc) is 2.55. The van der Waals surface area contributed by atoms with Crippen LogP contribution in [0, 0.1) is 5.92 Å². The Bertz CT molecular complexity index is 716. The first-order chi connectivity index (χ1) is 12.6. The van der Waals surface area contributed by atoms with Gasteiger partial charge in [-0.1, -0.05) is 19.9 Å². The van der Waals surface area contributed by atoms with Crippen LogP contribution in [0.25, 0.3) is 0 Å². The first kappa shape index (κ1) is 23.1. The molecule has 0 fully saturated rings. The minimum atomic E-state index is -3.68. The summed E-state index contributed by atoms with van der Waals surface area (Å²) in [6.45, 7) is 13.0. The fourth-order valence-corrected chi connectivity index (χ4v) is 3.31. The molecule has 0 spiro atoms. The minimum Gasteiger partial charge on any atom is -0.382 e. The van der Waals surface area contributed by atoms with Gasteiger partial charge in [0.25, 0.3) is 0 Å². The molecule has 2 amide bonds. The SMILES string of the molecule is CCNC(=O)N(Cc1ccc(N(CC)CC)cc1OS(C)(=O)=O)CC(C)C. The highest BCUT2D eigenvalue weighted by atomic mass is 32.2. The fraction of sp³-hybridized carbons (Fsp3) is 0.632. The standard InChI is InChI=1S/C19H33N3O4S/c1-7-20-19(23)22(13-15(4)5)14-16-10-11-17(21(8-2)9-3)12-18(16)26-27(6,24)25/h10-12,15H,7-9,13-14H2,1-6H3,(H,20,23). The zero-order valence-electron chi connectivity index (χ0n) is 17.3. The summed E-state index contributed by atoms with van der Waals surface area (Å²) in [5.41, 5.74) is 1.54. The van der Waals surface area contributed by atoms with E-state index in [1.54, 1.807) is 11.0 Å². The van der Waals surface area contributed by atoms with E-state index in [0.717, 1.165) is 25.0 Å². The Morgan fingerprint density at radius 1 is 1.19 bits per heavy atom. The van der Waals surface area contributed by atoms with Crippen molar-refractivity contribution in [3.8, 4) is 5.75 Å². The largest absolute Gasteiger partial charge is 0.382 e. The number of carbonyl (C=O) groups is 1. The summed E-state index contributed by atoms with van der Waals surface area (Å²) in [4.78, 5) is 16.2. The van der Waals surface area contributed by atoms with E-state index in [9.17, 15) is 13.2 Å². The van der Waals surface area contributed by atoms with Crippen LogP contribution in [0.1, 0.15) is 40.2 Å². The highest BCUT2D eigenvalue weighted by Crippen LogP contribution is 2.28. The van der Waals surface area contributed by atoms with Crippen molar-refractivity contribution in [3.05, 3.63) is 23.8 Å². The molecule has 0 heterocycles. The maximum absolute atomic E-state index is 12.4. The molecule has 0 radical (unpaired) electrons. The van der Waals surface area contributed by atoms with Crippen LogP contribution in [0.2, 0.25) is 0 Å². The second-order valence-corrected chi connectivity index (χ2v) is 8.44. The molecule has 1 rings (SSSR count). The molecule has 1 aromatic carbocycles. The summed E-state index contributed by atoms with van der Waals surface area (Å²) in [7, 11) is -3.68. The van der Waals surface area contributed by atoms with Crippen LogP contribution in [-0.2, 0) is 16.7 Å². The highest BCUT2D eigenvalue weighted by molar-refractivity contribution is 7.86. The molecular formula is C19H33N3O4S. The van der Waals surface area contributed by atoms with Crippen molar-refractivity contribution in [1.29, 1.82) is 0 Å². The van der Waals surface area contributed by atoms with E-state index in [1.165, 1.54) is 0 Å². The van der Waals surface area contributed by atoms with Crippen molar-refractivity contribution in [3.63, 3.8) is 0 Å². The zero-order chi connectivity index (χ0) is 20.6. The smallest absolute Gasteiger partial charge is 0.317 e. The normalized spacial score (nSPS) is 11.4. The summed E-state index contributed by atoms with van der Waals surface area (Å²) in [5.74, 6) is 0.543. The van der Waals surface area contributed by atoms with Gasteiger partial charge in [0.05, 0.1) is 12.8 Å². The van der Waals surface area contributed by atoms with Crippen molar-refractivity contribution in [1.82, 2.24) is 10.2 Å². The lowest BCUT2D eigenvalue weighted by atomic mass is 10.1. The highest BCUT2D eigenvalue weighted by Gasteiger charge is 2.19. The number of urea groups is 1. The summed E-state index contributed by atoms with van der Waals surface area (Å²) in [6, 6.07) is 5.32. The molecule has 0 aromatic heterocycles. The Hall–Kier alpha value is -1.96. The average molecular weight is 400 g/mol. The fourth-order valence-electron chi connectivity index (χ4n) is 2.83. The molecule has 0 aliphatic carbocycles. The third kappa shape index (κ3) is 7.66. The van der Waals surface area contributed by atoms with Crippen molar-refractivity contribution in [2.45, 2.75) is 41.2 Å². The van der Waals surface area contributed by atoms with Crippen molar-refractivity contribution >= 4 is 21.8 Å². The topological polar surface area (TPSA) is 79.0 Å². The van der Waals surface area contributed by atoms with Gasteiger partial charge in [0.1, 0.15) is 5.75 Å². The molecular weight excluding hydrogens is 366 g/mol. The first-order valence-corrected chi connectivity index (χ1v) is 11.2. The van der Waals surface area contributed by atoms with Gasteiger partial charge in [0, 0.05) is 43.5 Å². The number of rotatable bonds is 10. The molecule has 0 saturated heterocycles. The van der Waals surface area contributed by atoms with Gasteiger partial charge in [-0.3, -0.25) is 0 Å². The Morgan fingerprint density at radius 3 is 2.30 bits per heavy atom. The minimum absolute atomic E-state index is 0.177. The zero-order valence-corrected chi connectivity index (χ0v) is 18.1. The summed E-state index contributed by atoms with van der Waals surface area (Å²) in [6.07, 6.45) is 1.02. The van der Waals surface area contributed by atoms with Gasteiger partial charge < -0.3 is 19.3 Å². The number of benzene rings is 1. The van der Waals surface area contributed by atoms with E-state index in [0.29, 0.717) is 18.7 Å². The number of amides is 2. The molecule has 0 bridgehead atoms. The molecule has 1 aromatic rings. The molecule has 0 aliphatic heterocycles. The van der Waals surface area contributed by atoms with E-state index >= 15 is 0 Å². The van der Waals surface area contributed by atoms with E-state index in [2.05, 4.69) is 10.2 Å². The van der Waals surface area contributed by atoms with Gasteiger partial charge >= 0.3 is 16.1 Å². The van der Waals surface area contributed by atoms with Crippen molar-refractivity contribution in [2.75, 3.05) is 37.3 Å². The molecule has 8 heteroatoms. The third-order valence-corrected chi connectivity index (χ3v) is 4.46. The predicted molar refractivity (Wildman–Crippen MR) is 110 cm³/mol. The maximum atomic E-state index is 12.4. The number of anilines is 1. The molecule has 7 nitrogen and oxygen atoms in total. The lowest BCUT2D eigenvalue weighted by Crippen LogP contribution is -2.41. The van der Waals surface area contributed by atoms with E-state index in [-0.39, 0.29) is 24.2 Å². The quantitative estimate of drug-likeness (QED) is 0.612. The number of hydrogen-bond acceptors (Lipinski definition) is 5. The van der Waals surface area contributed by atoms with Crippen LogP contribution < -0.4 is 14.4 Å². The first-order valence-electron chi connectivity index (χ1n) is 9.41. The lowest BCUT2D eigenvalue weighted by molar-refractivity contribution is 0.188. The van der Waals surface area contributed by atoms with Crippen molar-refractivity contribution < 1.29 is 17.4 Å². The Labute approximate surface area is 163 Å². The molecule has 0 unspecified atom stereocenters. The predicted octanol–water partition coefficient (Wildman–Crippen LogP) is 3.06. The summed E-state index contributed by atoms with van der Waals surface area (Å²) < 4.78 is 28.7. The summed E-state index contributed by atoms with van der Waals surface area (Å²) >= 11 is 0. The van der Waals surface area contributed by atoms with E-state index < -0.39 is 10.1 Å². The Kier molecular flexibility index (Phi) is 8.88. The van der Waals surface area contributed by atoms with E-state index in [4.69, 9.17) is 4.18 Å². The molecule has 1 N–H and O–H groups in total. The number of nitrogens with zero attached hydrogens (tertiary/aromatic N) is 2. The van der Waals surface area contributed by atoms with Gasteiger partial charge in [-0.2, -0.15) is 8.42 Å². The number of nitrogens with one attached hydrogen (secondary N) is 1. The van der Waals surface area contributed by atoms with Crippen LogP contribution >= 0.6 is 0 Å². The number of carbonyl (C=O) groups excluding carboxylic acids is 1. The monoisotopic (exact) mass is 399 g/mol.